The van der Waals surface area contributed by atoms with Gasteiger partial charge in [-0.15, -0.1) is 0 Å². The molecule has 0 saturated carbocycles. The molecule has 6 heteroatoms. The number of hydrogen-bond donors (Lipinski definition) is 1. The minimum absolute atomic E-state index is 0.136. The second-order valence-corrected chi connectivity index (χ2v) is 5.83. The summed E-state index contributed by atoms with van der Waals surface area (Å²) in [7, 11) is 0. The largest absolute Gasteiger partial charge is 0.484 e. The third-order valence-corrected chi connectivity index (χ3v) is 3.76. The van der Waals surface area contributed by atoms with Crippen LogP contribution < -0.4 is 10.1 Å². The lowest BCUT2D eigenvalue weighted by Gasteiger charge is -2.11. The van der Waals surface area contributed by atoms with Gasteiger partial charge in [-0.25, -0.2) is 0 Å². The molecule has 1 amide bonds. The summed E-state index contributed by atoms with van der Waals surface area (Å²) < 4.78 is 5.46. The van der Waals surface area contributed by atoms with Crippen LogP contribution in [0.2, 0.25) is 15.1 Å². The monoisotopic (exact) mass is 357 g/mol. The van der Waals surface area contributed by atoms with E-state index in [1.807, 2.05) is 18.2 Å². The highest BCUT2D eigenvalue weighted by molar-refractivity contribution is 6.42. The number of carbonyl (C=O) groups excluding carboxylic acids is 1. The van der Waals surface area contributed by atoms with E-state index in [-0.39, 0.29) is 22.6 Å². The average Bonchev–Trinajstić information content (AvgIpc) is 2.49. The van der Waals surface area contributed by atoms with E-state index in [0.717, 1.165) is 12.0 Å². The molecule has 0 aliphatic carbocycles. The summed E-state index contributed by atoms with van der Waals surface area (Å²) in [6, 6.07) is 10.6. The van der Waals surface area contributed by atoms with Crippen molar-refractivity contribution >= 4 is 46.4 Å². The second-order valence-electron chi connectivity index (χ2n) is 4.58. The van der Waals surface area contributed by atoms with E-state index in [4.69, 9.17) is 39.5 Å². The molecule has 0 heterocycles. The number of ether oxygens (including phenoxy) is 1. The maximum absolute atomic E-state index is 11.9. The van der Waals surface area contributed by atoms with Crippen LogP contribution >= 0.6 is 34.8 Å². The van der Waals surface area contributed by atoms with E-state index in [2.05, 4.69) is 12.2 Å². The van der Waals surface area contributed by atoms with Crippen LogP contribution in [0.4, 0.5) is 5.69 Å². The first-order chi connectivity index (χ1) is 10.5. The fourth-order valence-corrected chi connectivity index (χ4v) is 2.75. The van der Waals surface area contributed by atoms with Crippen molar-refractivity contribution in [3.05, 3.63) is 57.0 Å². The lowest BCUT2D eigenvalue weighted by atomic mass is 10.2. The summed E-state index contributed by atoms with van der Waals surface area (Å²) in [5.41, 5.74) is 1.46. The summed E-state index contributed by atoms with van der Waals surface area (Å²) in [5, 5.41) is 3.57. The van der Waals surface area contributed by atoms with Crippen molar-refractivity contribution < 1.29 is 9.53 Å². The lowest BCUT2D eigenvalue weighted by molar-refractivity contribution is -0.118. The van der Waals surface area contributed by atoms with Gasteiger partial charge in [-0.1, -0.05) is 53.9 Å². The zero-order valence-electron chi connectivity index (χ0n) is 11.8. The molecule has 0 aliphatic heterocycles. The summed E-state index contributed by atoms with van der Waals surface area (Å²) >= 11 is 17.8. The minimum atomic E-state index is -0.354. The van der Waals surface area contributed by atoms with Crippen molar-refractivity contribution in [3.63, 3.8) is 0 Å². The predicted molar refractivity (Wildman–Crippen MR) is 91.4 cm³/mol. The molecule has 116 valence electrons. The zero-order valence-corrected chi connectivity index (χ0v) is 14.1. The number of amides is 1. The van der Waals surface area contributed by atoms with E-state index in [1.54, 1.807) is 6.07 Å². The van der Waals surface area contributed by atoms with Crippen molar-refractivity contribution in [2.75, 3.05) is 11.9 Å². The van der Waals surface area contributed by atoms with E-state index in [9.17, 15) is 4.79 Å². The maximum atomic E-state index is 11.9. The van der Waals surface area contributed by atoms with Gasteiger partial charge in [0.05, 0.1) is 15.7 Å². The molecule has 0 bridgehead atoms. The van der Waals surface area contributed by atoms with Crippen LogP contribution in [0.3, 0.4) is 0 Å². The Balaban J connectivity index is 1.99. The average molecular weight is 359 g/mol. The van der Waals surface area contributed by atoms with Crippen LogP contribution in [0.15, 0.2) is 36.4 Å². The number of hydrogen-bond acceptors (Lipinski definition) is 2. The summed E-state index contributed by atoms with van der Waals surface area (Å²) in [6.07, 6.45) is 0.902. The van der Waals surface area contributed by atoms with Crippen molar-refractivity contribution in [1.29, 1.82) is 0 Å². The SMILES string of the molecule is CCc1cccc(OCC(=O)Nc2c(Cl)cc(Cl)cc2Cl)c1. The Morgan fingerprint density at radius 1 is 1.14 bits per heavy atom. The fourth-order valence-electron chi connectivity index (χ4n) is 1.84. The molecule has 0 atom stereocenters. The molecule has 0 saturated heterocycles. The van der Waals surface area contributed by atoms with Gasteiger partial charge in [0, 0.05) is 5.02 Å². The Morgan fingerprint density at radius 3 is 2.45 bits per heavy atom. The molecule has 0 fully saturated rings. The van der Waals surface area contributed by atoms with Gasteiger partial charge >= 0.3 is 0 Å². The standard InChI is InChI=1S/C16H14Cl3NO2/c1-2-10-4-3-5-12(6-10)22-9-15(21)20-16-13(18)7-11(17)8-14(16)19/h3-8H,2,9H2,1H3,(H,20,21). The molecule has 2 aromatic carbocycles. The Kier molecular flexibility index (Phi) is 5.95. The number of rotatable bonds is 5. The van der Waals surface area contributed by atoms with Gasteiger partial charge in [0.2, 0.25) is 0 Å². The molecule has 22 heavy (non-hydrogen) atoms. The third kappa shape index (κ3) is 4.54. The highest BCUT2D eigenvalue weighted by atomic mass is 35.5. The van der Waals surface area contributed by atoms with Gasteiger partial charge in [0.15, 0.2) is 6.61 Å². The molecule has 0 radical (unpaired) electrons. The quantitative estimate of drug-likeness (QED) is 0.795. The van der Waals surface area contributed by atoms with E-state index in [0.29, 0.717) is 16.5 Å². The Morgan fingerprint density at radius 2 is 1.82 bits per heavy atom. The Hall–Kier alpha value is -1.42. The second kappa shape index (κ2) is 7.73. The van der Waals surface area contributed by atoms with Gasteiger partial charge in [-0.3, -0.25) is 4.79 Å². The number of benzene rings is 2. The molecular formula is C16H14Cl3NO2. The molecule has 1 N–H and O–H groups in total. The third-order valence-electron chi connectivity index (χ3n) is 2.95. The fraction of sp³-hybridized carbons (Fsp3) is 0.188. The first-order valence-corrected chi connectivity index (χ1v) is 7.79. The van der Waals surface area contributed by atoms with Gasteiger partial charge in [0.25, 0.3) is 5.91 Å². The van der Waals surface area contributed by atoms with Gasteiger partial charge in [-0.05, 0) is 36.2 Å². The number of nitrogens with one attached hydrogen (secondary N) is 1. The predicted octanol–water partition coefficient (Wildman–Crippen LogP) is 5.23. The molecule has 0 aromatic heterocycles. The van der Waals surface area contributed by atoms with Gasteiger partial charge in [-0.2, -0.15) is 0 Å². The molecule has 3 nitrogen and oxygen atoms in total. The van der Waals surface area contributed by atoms with E-state index >= 15 is 0 Å². The molecule has 0 aliphatic rings. The maximum Gasteiger partial charge on any atom is 0.262 e. The number of halogens is 3. The zero-order chi connectivity index (χ0) is 16.1. The molecular weight excluding hydrogens is 345 g/mol. The van der Waals surface area contributed by atoms with Gasteiger partial charge in [0.1, 0.15) is 5.75 Å². The van der Waals surface area contributed by atoms with E-state index < -0.39 is 0 Å². The van der Waals surface area contributed by atoms with Gasteiger partial charge < -0.3 is 10.1 Å². The summed E-state index contributed by atoms with van der Waals surface area (Å²) in [6.45, 7) is 1.92. The van der Waals surface area contributed by atoms with Crippen LogP contribution in [0.25, 0.3) is 0 Å². The summed E-state index contributed by atoms with van der Waals surface area (Å²) in [5.74, 6) is 0.288. The minimum Gasteiger partial charge on any atom is -0.484 e. The van der Waals surface area contributed by atoms with Crippen molar-refractivity contribution in [2.24, 2.45) is 0 Å². The summed E-state index contributed by atoms with van der Waals surface area (Å²) in [4.78, 5) is 11.9. The number of carbonyl (C=O) groups is 1. The van der Waals surface area contributed by atoms with Crippen molar-refractivity contribution in [1.82, 2.24) is 0 Å². The number of anilines is 1. The van der Waals surface area contributed by atoms with Crippen molar-refractivity contribution in [2.45, 2.75) is 13.3 Å². The van der Waals surface area contributed by atoms with Crippen LogP contribution in [0.1, 0.15) is 12.5 Å². The van der Waals surface area contributed by atoms with Crippen LogP contribution in [0, 0.1) is 0 Å². The van der Waals surface area contributed by atoms with Crippen LogP contribution in [0.5, 0.6) is 5.75 Å². The molecule has 2 rings (SSSR count). The lowest BCUT2D eigenvalue weighted by Crippen LogP contribution is -2.20. The molecule has 0 spiro atoms. The van der Waals surface area contributed by atoms with E-state index in [1.165, 1.54) is 12.1 Å². The smallest absolute Gasteiger partial charge is 0.262 e. The van der Waals surface area contributed by atoms with Crippen LogP contribution in [-0.2, 0) is 11.2 Å². The molecule has 2 aromatic rings. The first kappa shape index (κ1) is 16.9. The van der Waals surface area contributed by atoms with Crippen LogP contribution in [-0.4, -0.2) is 12.5 Å². The Labute approximate surface area is 144 Å². The highest BCUT2D eigenvalue weighted by Gasteiger charge is 2.12. The number of aryl methyl sites for hydroxylation is 1. The van der Waals surface area contributed by atoms with Crippen molar-refractivity contribution in [3.8, 4) is 5.75 Å². The highest BCUT2D eigenvalue weighted by Crippen LogP contribution is 2.33. The topological polar surface area (TPSA) is 38.3 Å². The normalized spacial score (nSPS) is 10.4. The first-order valence-electron chi connectivity index (χ1n) is 6.65. The molecule has 0 unspecified atom stereocenters. The Bertz CT molecular complexity index is 666.